The number of nitrogens with zero attached hydrogens (tertiary/aromatic N) is 1. The number of ketones is 1. The van der Waals surface area contributed by atoms with Crippen LogP contribution in [-0.2, 0) is 52.3 Å². The third-order valence-corrected chi connectivity index (χ3v) is 14.0. The van der Waals surface area contributed by atoms with E-state index in [0.717, 1.165) is 13.8 Å². The second-order valence-corrected chi connectivity index (χ2v) is 20.0. The lowest BCUT2D eigenvalue weighted by molar-refractivity contribution is -0.369. The lowest BCUT2D eigenvalue weighted by Crippen LogP contribution is -2.85. The molecule has 2 aliphatic heterocycles. The fourth-order valence-electron chi connectivity index (χ4n) is 11.0. The predicted molar refractivity (Wildman–Crippen MR) is 226 cm³/mol. The molecule has 3 aliphatic carbocycles. The SMILES string of the molecule is CC(=O)O[C@@H]1C(=O)[C@@]2(C)[C@H]([C@H](OC(=O)c3ccccc3)[C@]3(O)C[C@H](OC(=O)[C@@H]4OC(C)(C)N(C(=O)OC(C)(C)C)[C@@H]4c4ccccc4)C(C)=C1C3(C)C)[C@]1(OC(C)=O)CO[C@@H]1[C@@H](O)[C@@H]2O. The van der Waals surface area contributed by atoms with Gasteiger partial charge in [-0.3, -0.25) is 19.3 Å². The second kappa shape index (κ2) is 16.3. The van der Waals surface area contributed by atoms with E-state index in [1.165, 1.54) is 30.9 Å². The lowest BCUT2D eigenvalue weighted by Gasteiger charge is -2.68. The van der Waals surface area contributed by atoms with Gasteiger partial charge in [0.25, 0.3) is 0 Å². The van der Waals surface area contributed by atoms with Crippen molar-refractivity contribution < 1.29 is 77.2 Å². The van der Waals surface area contributed by atoms with Gasteiger partial charge in [-0.15, -0.1) is 0 Å². The molecule has 2 aromatic rings. The summed E-state index contributed by atoms with van der Waals surface area (Å²) < 4.78 is 42.6. The molecule has 17 nitrogen and oxygen atoms in total. The van der Waals surface area contributed by atoms with Crippen LogP contribution in [0.3, 0.4) is 0 Å². The molecule has 2 saturated heterocycles. The summed E-state index contributed by atoms with van der Waals surface area (Å²) in [5.41, 5.74) is -10.2. The number of rotatable bonds is 7. The number of hydrogen-bond donors (Lipinski definition) is 3. The molecule has 0 spiro atoms. The van der Waals surface area contributed by atoms with Crippen LogP contribution in [0, 0.1) is 16.7 Å². The van der Waals surface area contributed by atoms with Gasteiger partial charge in [0.05, 0.1) is 29.6 Å². The Morgan fingerprint density at radius 3 is 1.98 bits per heavy atom. The van der Waals surface area contributed by atoms with Crippen LogP contribution in [0.15, 0.2) is 71.8 Å². The third kappa shape index (κ3) is 7.62. The van der Waals surface area contributed by atoms with E-state index in [1.807, 2.05) is 0 Å². The summed E-state index contributed by atoms with van der Waals surface area (Å²) in [6.07, 6.45) is -13.5. The summed E-state index contributed by atoms with van der Waals surface area (Å²) in [4.78, 5) is 86.4. The Balaban J connectivity index is 1.43. The maximum absolute atomic E-state index is 15.6. The molecule has 2 heterocycles. The molecule has 2 aromatic carbocycles. The standard InChI is InChI=1S/C48H59NO16/c1-24-29(61-41(56)34-31(27-18-14-12-15-19-27)49(45(9,10)64-34)42(57)65-43(4,5)6)22-48(58)39(62-40(55)28-20-16-13-17-21-28)35-46(11,37(54)33(60-25(2)50)30(24)44(48,7)8)36(53)32(52)38-47(35,23-59-38)63-26(3)51/h12-21,29,31-36,38-39,52-53,58H,22-23H2,1-11H3/t29-,31+,32-,33-,34+,35-,36-,38+,39-,46-,47+,48+/m0/s1. The Labute approximate surface area is 377 Å². The highest BCUT2D eigenvalue weighted by atomic mass is 16.6. The fraction of sp³-hybridized carbons (Fsp3) is 0.583. The highest BCUT2D eigenvalue weighted by Gasteiger charge is 2.80. The molecule has 0 unspecified atom stereocenters. The fourth-order valence-corrected chi connectivity index (χ4v) is 11.0. The Kier molecular flexibility index (Phi) is 12.0. The Hall–Kier alpha value is -5.20. The molecule has 65 heavy (non-hydrogen) atoms. The lowest BCUT2D eigenvalue weighted by atomic mass is 9.44. The average Bonchev–Trinajstić information content (AvgIpc) is 3.50. The van der Waals surface area contributed by atoms with Crippen molar-refractivity contribution in [3.8, 4) is 0 Å². The number of aliphatic hydroxyl groups excluding tert-OH is 2. The summed E-state index contributed by atoms with van der Waals surface area (Å²) in [6, 6.07) is 15.3. The number of esters is 4. The van der Waals surface area contributed by atoms with Crippen LogP contribution in [0.25, 0.3) is 0 Å². The van der Waals surface area contributed by atoms with Crippen molar-refractivity contribution in [1.29, 1.82) is 0 Å². The minimum atomic E-state index is -2.45. The first-order valence-corrected chi connectivity index (χ1v) is 21.7. The van der Waals surface area contributed by atoms with E-state index in [1.54, 1.807) is 97.0 Å². The van der Waals surface area contributed by atoms with Crippen LogP contribution in [0.1, 0.15) is 105 Å². The number of carbonyl (C=O) groups is 6. The first-order chi connectivity index (χ1) is 30.1. The summed E-state index contributed by atoms with van der Waals surface area (Å²) in [6.45, 7) is 15.9. The van der Waals surface area contributed by atoms with E-state index in [4.69, 9.17) is 33.2 Å². The zero-order valence-corrected chi connectivity index (χ0v) is 38.5. The molecule has 0 aromatic heterocycles. The predicted octanol–water partition coefficient (Wildman–Crippen LogP) is 4.29. The summed E-state index contributed by atoms with van der Waals surface area (Å²) in [5.74, 6) is -6.48. The average molecular weight is 906 g/mol. The van der Waals surface area contributed by atoms with Crippen LogP contribution < -0.4 is 0 Å². The Morgan fingerprint density at radius 1 is 0.846 bits per heavy atom. The monoisotopic (exact) mass is 905 g/mol. The zero-order valence-electron chi connectivity index (χ0n) is 38.5. The normalized spacial score (nSPS) is 35.8. The highest BCUT2D eigenvalue weighted by molar-refractivity contribution is 5.96. The van der Waals surface area contributed by atoms with Crippen molar-refractivity contribution >= 4 is 35.8 Å². The van der Waals surface area contributed by atoms with Crippen molar-refractivity contribution in [3.63, 3.8) is 0 Å². The Bertz CT molecular complexity index is 2290. The van der Waals surface area contributed by atoms with E-state index in [-0.39, 0.29) is 16.7 Å². The van der Waals surface area contributed by atoms with Gasteiger partial charge in [0.15, 0.2) is 23.6 Å². The maximum Gasteiger partial charge on any atom is 0.413 e. The quantitative estimate of drug-likeness (QED) is 0.200. The second-order valence-electron chi connectivity index (χ2n) is 20.0. The molecule has 5 aliphatic rings. The smallest absolute Gasteiger partial charge is 0.413 e. The van der Waals surface area contributed by atoms with Gasteiger partial charge >= 0.3 is 30.0 Å². The molecule has 17 heteroatoms. The van der Waals surface area contributed by atoms with Gasteiger partial charge in [-0.2, -0.15) is 0 Å². The number of fused-ring (bicyclic) bond motifs is 5. The minimum absolute atomic E-state index is 0.0364. The number of carbonyl (C=O) groups excluding carboxylic acids is 6. The van der Waals surface area contributed by atoms with Gasteiger partial charge in [0.2, 0.25) is 0 Å². The van der Waals surface area contributed by atoms with E-state index >= 15 is 4.79 Å². The largest absolute Gasteiger partial charge is 0.456 e. The zero-order chi connectivity index (χ0) is 48.0. The molecule has 4 fully saturated rings. The van der Waals surface area contributed by atoms with E-state index in [9.17, 15) is 39.3 Å². The van der Waals surface area contributed by atoms with Crippen molar-refractivity contribution in [2.24, 2.45) is 16.7 Å². The van der Waals surface area contributed by atoms with Crippen molar-refractivity contribution in [1.82, 2.24) is 4.90 Å². The van der Waals surface area contributed by atoms with Crippen LogP contribution >= 0.6 is 0 Å². The van der Waals surface area contributed by atoms with Gasteiger partial charge in [-0.1, -0.05) is 62.4 Å². The minimum Gasteiger partial charge on any atom is -0.456 e. The van der Waals surface area contributed by atoms with Crippen molar-refractivity contribution in [2.75, 3.05) is 6.61 Å². The number of hydrogen-bond acceptors (Lipinski definition) is 16. The molecule has 2 bridgehead atoms. The van der Waals surface area contributed by atoms with E-state index < -0.39 is 137 Å². The number of ether oxygens (including phenoxy) is 7. The van der Waals surface area contributed by atoms with Gasteiger partial charge in [0, 0.05) is 25.7 Å². The first-order valence-electron chi connectivity index (χ1n) is 21.7. The van der Waals surface area contributed by atoms with Gasteiger partial charge in [-0.05, 0) is 77.3 Å². The van der Waals surface area contributed by atoms with E-state index in [0.29, 0.717) is 5.56 Å². The molecule has 12 atom stereocenters. The molecule has 3 N–H and O–H groups in total. The van der Waals surface area contributed by atoms with Gasteiger partial charge in [-0.25, -0.2) is 14.4 Å². The van der Waals surface area contributed by atoms with E-state index in [2.05, 4.69) is 0 Å². The summed E-state index contributed by atoms with van der Waals surface area (Å²) in [7, 11) is 0. The number of amides is 1. The van der Waals surface area contributed by atoms with Gasteiger partial charge in [0.1, 0.15) is 47.4 Å². The molecule has 7 rings (SSSR count). The van der Waals surface area contributed by atoms with Crippen LogP contribution in [-0.4, -0.2) is 128 Å². The molecule has 352 valence electrons. The van der Waals surface area contributed by atoms with Crippen LogP contribution in [0.4, 0.5) is 4.79 Å². The van der Waals surface area contributed by atoms with Crippen molar-refractivity contribution in [2.45, 2.75) is 154 Å². The van der Waals surface area contributed by atoms with Gasteiger partial charge < -0.3 is 48.5 Å². The molecule has 0 radical (unpaired) electrons. The molecular weight excluding hydrogens is 847 g/mol. The number of aliphatic hydroxyl groups is 3. The number of Topliss-reactive ketones (excluding diaryl/α,β-unsaturated/α-hetero) is 1. The van der Waals surface area contributed by atoms with Crippen LogP contribution in [0.2, 0.25) is 0 Å². The third-order valence-electron chi connectivity index (χ3n) is 14.0. The molecule has 2 saturated carbocycles. The summed E-state index contributed by atoms with van der Waals surface area (Å²) in [5, 5.41) is 37.6. The first kappa shape index (κ1) is 47.8. The Morgan fingerprint density at radius 2 is 1.45 bits per heavy atom. The van der Waals surface area contributed by atoms with Crippen LogP contribution in [0.5, 0.6) is 0 Å². The highest BCUT2D eigenvalue weighted by Crippen LogP contribution is 2.64. The summed E-state index contributed by atoms with van der Waals surface area (Å²) >= 11 is 0. The maximum atomic E-state index is 15.6. The van der Waals surface area contributed by atoms with Crippen molar-refractivity contribution in [3.05, 3.63) is 82.9 Å². The molecular formula is C48H59NO16. The number of benzene rings is 2. The topological polar surface area (TPSA) is 231 Å². The molecule has 1 amide bonds.